The molecule has 0 fully saturated rings. The number of hydrogen-bond donors (Lipinski definition) is 0. The Labute approximate surface area is 66.7 Å². The predicted molar refractivity (Wildman–Crippen MR) is 50.4 cm³/mol. The van der Waals surface area contributed by atoms with Crippen molar-refractivity contribution in [2.45, 2.75) is 26.4 Å². The van der Waals surface area contributed by atoms with Gasteiger partial charge in [-0.05, 0) is 11.1 Å². The van der Waals surface area contributed by atoms with Crippen molar-refractivity contribution in [2.75, 3.05) is 0 Å². The lowest BCUT2D eigenvalue weighted by Gasteiger charge is -2.23. The zero-order valence-corrected chi connectivity index (χ0v) is 8.32. The van der Waals surface area contributed by atoms with E-state index in [1.165, 1.54) is 0 Å². The average Bonchev–Trinajstić information content (AvgIpc) is 1.62. The van der Waals surface area contributed by atoms with E-state index in [2.05, 4.69) is 36.6 Å². The topological polar surface area (TPSA) is 0 Å². The molecule has 0 saturated carbocycles. The van der Waals surface area contributed by atoms with Crippen LogP contribution in [-0.4, -0.2) is 5.66 Å². The van der Waals surface area contributed by atoms with Crippen molar-refractivity contribution in [3.8, 4) is 0 Å². The van der Waals surface area contributed by atoms with Gasteiger partial charge in [0.2, 0.25) is 0 Å². The van der Waals surface area contributed by atoms with Gasteiger partial charge in [0.15, 0.2) is 0 Å². The van der Waals surface area contributed by atoms with Gasteiger partial charge in [-0.3, -0.25) is 0 Å². The first kappa shape index (κ1) is 12.2. The second-order valence-corrected chi connectivity index (χ2v) is 3.85. The van der Waals surface area contributed by atoms with Crippen molar-refractivity contribution >= 4 is 21.6 Å². The number of allylic oxidation sites excluding steroid dienone is 1. The molecule has 0 aliphatic heterocycles. The van der Waals surface area contributed by atoms with Gasteiger partial charge in [-0.15, -0.1) is 28.2 Å². The number of halogens is 1. The Hall–Kier alpha value is 0.460. The van der Waals surface area contributed by atoms with Crippen LogP contribution in [0.1, 0.15) is 20.8 Å². The minimum absolute atomic E-state index is 0. The summed E-state index contributed by atoms with van der Waals surface area (Å²) in [5.74, 6) is 0. The molecule has 0 aromatic carbocycles. The summed E-state index contributed by atoms with van der Waals surface area (Å²) < 4.78 is 0. The highest BCUT2D eigenvalue weighted by Gasteiger charge is 2.15. The fourth-order valence-electron chi connectivity index (χ4n) is 0.354. The van der Waals surface area contributed by atoms with E-state index in [1.807, 2.05) is 6.08 Å². The van der Waals surface area contributed by atoms with E-state index in [4.69, 9.17) is 0 Å². The monoisotopic (exact) mass is 166 g/mol. The summed E-state index contributed by atoms with van der Waals surface area (Å²) in [5, 5.41) is 0. The first-order valence-electron chi connectivity index (χ1n) is 2.86. The van der Waals surface area contributed by atoms with Crippen molar-refractivity contribution in [3.05, 3.63) is 12.7 Å². The first-order valence-corrected chi connectivity index (χ1v) is 3.53. The molecule has 0 N–H and O–H groups in total. The highest BCUT2D eigenvalue weighted by Crippen LogP contribution is 2.26. The van der Waals surface area contributed by atoms with E-state index in [1.54, 1.807) is 0 Å². The van der Waals surface area contributed by atoms with E-state index < -0.39 is 0 Å². The van der Waals surface area contributed by atoms with Crippen LogP contribution in [0.25, 0.3) is 0 Å². The zero-order chi connectivity index (χ0) is 6.78. The predicted octanol–water partition coefficient (Wildman–Crippen LogP) is 2.88. The highest BCUT2D eigenvalue weighted by molar-refractivity contribution is 7.18. The second kappa shape index (κ2) is 4.30. The van der Waals surface area contributed by atoms with Crippen molar-refractivity contribution in [1.82, 2.24) is 0 Å². The van der Waals surface area contributed by atoms with E-state index in [-0.39, 0.29) is 12.4 Å². The highest BCUT2D eigenvalue weighted by atomic mass is 35.5. The summed E-state index contributed by atoms with van der Waals surface area (Å²) in [6.45, 7) is 10.3. The first-order chi connectivity index (χ1) is 3.48. The molecule has 0 bridgehead atoms. The zero-order valence-electron chi connectivity index (χ0n) is 6.35. The molecule has 0 saturated heterocycles. The maximum absolute atomic E-state index is 3.71. The lowest BCUT2D eigenvalue weighted by atomic mass is 9.92. The van der Waals surface area contributed by atoms with Crippen molar-refractivity contribution in [3.63, 3.8) is 0 Å². The molecule has 2 heteroatoms. The van der Waals surface area contributed by atoms with Crippen molar-refractivity contribution < 1.29 is 0 Å². The minimum Gasteiger partial charge on any atom is -0.147 e. The Morgan fingerprint density at radius 3 is 1.78 bits per heavy atom. The average molecular weight is 167 g/mol. The third kappa shape index (κ3) is 4.93. The molecule has 0 aromatic rings. The van der Waals surface area contributed by atoms with E-state index >= 15 is 0 Å². The van der Waals surface area contributed by atoms with Gasteiger partial charge < -0.3 is 0 Å². The Kier molecular flexibility index (Phi) is 5.82. The molecule has 0 heterocycles. The summed E-state index contributed by atoms with van der Waals surface area (Å²) in [5.41, 5.74) is 0.884. The largest absolute Gasteiger partial charge is 0.147 e. The Morgan fingerprint density at radius 2 is 1.78 bits per heavy atom. The van der Waals surface area contributed by atoms with Crippen LogP contribution >= 0.6 is 21.6 Å². The van der Waals surface area contributed by atoms with Crippen LogP contribution < -0.4 is 0 Å². The Balaban J connectivity index is 0. The molecule has 0 aliphatic carbocycles. The third-order valence-corrected chi connectivity index (χ3v) is 2.53. The SMILES string of the molecule is C=CC(P)C(C)(C)C.Cl. The van der Waals surface area contributed by atoms with E-state index in [9.17, 15) is 0 Å². The summed E-state index contributed by atoms with van der Waals surface area (Å²) in [6.07, 6.45) is 1.96. The molecule has 0 spiro atoms. The minimum atomic E-state index is 0. The fraction of sp³-hybridized carbons (Fsp3) is 0.714. The third-order valence-electron chi connectivity index (χ3n) is 1.25. The van der Waals surface area contributed by atoms with Crippen LogP contribution in [0, 0.1) is 5.41 Å². The molecule has 0 aliphatic rings. The molecular formula is C7H16ClP. The van der Waals surface area contributed by atoms with Crippen LogP contribution in [0.15, 0.2) is 12.7 Å². The Morgan fingerprint density at radius 1 is 1.44 bits per heavy atom. The summed E-state index contributed by atoms with van der Waals surface area (Å²) in [6, 6.07) is 0. The van der Waals surface area contributed by atoms with Crippen LogP contribution in [0.4, 0.5) is 0 Å². The molecule has 9 heavy (non-hydrogen) atoms. The maximum atomic E-state index is 3.71. The molecule has 0 aromatic heterocycles. The summed E-state index contributed by atoms with van der Waals surface area (Å²) in [7, 11) is 2.76. The molecule has 56 valence electrons. The van der Waals surface area contributed by atoms with Gasteiger partial charge in [-0.25, -0.2) is 0 Å². The van der Waals surface area contributed by atoms with Gasteiger partial charge in [0, 0.05) is 0 Å². The quantitative estimate of drug-likeness (QED) is 0.415. The lowest BCUT2D eigenvalue weighted by Crippen LogP contribution is -2.16. The number of hydrogen-bond acceptors (Lipinski definition) is 0. The van der Waals surface area contributed by atoms with Gasteiger partial charge in [-0.1, -0.05) is 26.8 Å². The molecule has 0 nitrogen and oxygen atoms in total. The van der Waals surface area contributed by atoms with Crippen LogP contribution in [0.3, 0.4) is 0 Å². The maximum Gasteiger partial charge on any atom is -0.00400 e. The molecule has 0 radical (unpaired) electrons. The van der Waals surface area contributed by atoms with Crippen LogP contribution in [-0.2, 0) is 0 Å². The van der Waals surface area contributed by atoms with Gasteiger partial charge >= 0.3 is 0 Å². The van der Waals surface area contributed by atoms with Crippen LogP contribution in [0.2, 0.25) is 0 Å². The molecule has 0 amide bonds. The Bertz CT molecular complexity index is 83.4. The lowest BCUT2D eigenvalue weighted by molar-refractivity contribution is 0.432. The summed E-state index contributed by atoms with van der Waals surface area (Å²) >= 11 is 0. The molecule has 2 atom stereocenters. The number of rotatable bonds is 1. The molecular weight excluding hydrogens is 151 g/mol. The van der Waals surface area contributed by atoms with Gasteiger partial charge in [0.05, 0.1) is 0 Å². The standard InChI is InChI=1S/C7H15P.ClH/c1-5-6(8)7(2,3)4;/h5-6H,1,8H2,2-4H3;1H. The summed E-state index contributed by atoms with van der Waals surface area (Å²) in [4.78, 5) is 0. The van der Waals surface area contributed by atoms with Crippen molar-refractivity contribution in [2.24, 2.45) is 5.41 Å². The van der Waals surface area contributed by atoms with E-state index in [0.717, 1.165) is 0 Å². The second-order valence-electron chi connectivity index (χ2n) is 3.13. The van der Waals surface area contributed by atoms with Crippen molar-refractivity contribution in [1.29, 1.82) is 0 Å². The molecule has 0 rings (SSSR count). The molecule has 2 unspecified atom stereocenters. The normalized spacial score (nSPS) is 13.8. The smallest absolute Gasteiger partial charge is 0.00400 e. The fourth-order valence-corrected chi connectivity index (χ4v) is 0.354. The van der Waals surface area contributed by atoms with Gasteiger partial charge in [0.25, 0.3) is 0 Å². The van der Waals surface area contributed by atoms with E-state index in [0.29, 0.717) is 11.1 Å². The van der Waals surface area contributed by atoms with Gasteiger partial charge in [-0.2, -0.15) is 0 Å². The van der Waals surface area contributed by atoms with Crippen LogP contribution in [0.5, 0.6) is 0 Å². The van der Waals surface area contributed by atoms with Gasteiger partial charge in [0.1, 0.15) is 0 Å².